The Morgan fingerprint density at radius 3 is 2.74 bits per heavy atom. The zero-order valence-corrected chi connectivity index (χ0v) is 14.1. The maximum Gasteiger partial charge on any atom is 0.289 e. The molecule has 7 nitrogen and oxygen atoms in total. The monoisotopic (exact) mass is 337 g/mol. The fraction of sp³-hybridized carbons (Fsp3) is 0.467. The third-order valence-corrected chi connectivity index (χ3v) is 5.40. The van der Waals surface area contributed by atoms with Gasteiger partial charge < -0.3 is 9.32 Å². The number of hydrogen-bond acceptors (Lipinski definition) is 5. The summed E-state index contributed by atoms with van der Waals surface area (Å²) < 4.78 is 30.4. The summed E-state index contributed by atoms with van der Waals surface area (Å²) in [4.78, 5) is 18.5. The van der Waals surface area contributed by atoms with E-state index in [2.05, 4.69) is 4.98 Å². The summed E-state index contributed by atoms with van der Waals surface area (Å²) in [5.74, 6) is -0.00115. The van der Waals surface area contributed by atoms with Crippen LogP contribution in [-0.4, -0.2) is 60.4 Å². The van der Waals surface area contributed by atoms with Gasteiger partial charge in [0.2, 0.25) is 10.0 Å². The van der Waals surface area contributed by atoms with Crippen LogP contribution in [0.4, 0.5) is 0 Å². The zero-order valence-electron chi connectivity index (χ0n) is 13.3. The van der Waals surface area contributed by atoms with Crippen molar-refractivity contribution in [2.24, 2.45) is 0 Å². The van der Waals surface area contributed by atoms with E-state index >= 15 is 0 Å². The predicted octanol–water partition coefficient (Wildman–Crippen LogP) is 1.24. The molecule has 0 aromatic carbocycles. The molecule has 0 bridgehead atoms. The first kappa shape index (κ1) is 15.9. The number of aryl methyl sites for hydroxylation is 1. The van der Waals surface area contributed by atoms with Crippen LogP contribution in [0.25, 0.3) is 11.1 Å². The van der Waals surface area contributed by atoms with Gasteiger partial charge in [-0.1, -0.05) is 0 Å². The van der Waals surface area contributed by atoms with Crippen molar-refractivity contribution in [2.45, 2.75) is 19.9 Å². The van der Waals surface area contributed by atoms with Gasteiger partial charge >= 0.3 is 0 Å². The molecule has 0 radical (unpaired) electrons. The molecule has 3 rings (SSSR count). The molecule has 1 aliphatic heterocycles. The molecule has 1 amide bonds. The average Bonchev–Trinajstić information content (AvgIpc) is 2.87. The van der Waals surface area contributed by atoms with Gasteiger partial charge in [0.05, 0.1) is 6.26 Å². The van der Waals surface area contributed by atoms with Gasteiger partial charge in [0.1, 0.15) is 5.52 Å². The second-order valence-corrected chi connectivity index (χ2v) is 7.86. The van der Waals surface area contributed by atoms with Crippen LogP contribution in [0.2, 0.25) is 0 Å². The Labute approximate surface area is 134 Å². The Morgan fingerprint density at radius 1 is 1.35 bits per heavy atom. The number of carbonyl (C=O) groups excluding carboxylic acids is 1. The highest BCUT2D eigenvalue weighted by Crippen LogP contribution is 2.21. The van der Waals surface area contributed by atoms with Crippen LogP contribution in [0.15, 0.2) is 22.6 Å². The summed E-state index contributed by atoms with van der Waals surface area (Å²) >= 11 is 0. The highest BCUT2D eigenvalue weighted by molar-refractivity contribution is 7.88. The summed E-state index contributed by atoms with van der Waals surface area (Å²) in [6.07, 6.45) is 1.19. The summed E-state index contributed by atoms with van der Waals surface area (Å²) in [5, 5.41) is 0. The molecule has 1 fully saturated rings. The number of sulfonamides is 1. The first-order valence-corrected chi connectivity index (χ1v) is 9.24. The third kappa shape index (κ3) is 3.09. The van der Waals surface area contributed by atoms with Crippen molar-refractivity contribution >= 4 is 27.0 Å². The quantitative estimate of drug-likeness (QED) is 0.823. The Morgan fingerprint density at radius 2 is 2.09 bits per heavy atom. The number of piperazine rings is 1. The van der Waals surface area contributed by atoms with Gasteiger partial charge in [-0.25, -0.2) is 13.4 Å². The van der Waals surface area contributed by atoms with Crippen molar-refractivity contribution in [1.82, 2.24) is 14.2 Å². The maximum absolute atomic E-state index is 12.6. The highest BCUT2D eigenvalue weighted by atomic mass is 32.2. The van der Waals surface area contributed by atoms with Gasteiger partial charge in [-0.05, 0) is 26.0 Å². The predicted molar refractivity (Wildman–Crippen MR) is 85.7 cm³/mol. The molecule has 2 aromatic rings. The molecule has 124 valence electrons. The van der Waals surface area contributed by atoms with Crippen LogP contribution in [0, 0.1) is 6.92 Å². The SMILES string of the molecule is Cc1ccc2oc(C(=O)N3CCN(S(C)(=O)=O)[C@@H](C)C3)cc2n1. The fourth-order valence-electron chi connectivity index (χ4n) is 2.91. The minimum Gasteiger partial charge on any atom is -0.449 e. The molecule has 2 aromatic heterocycles. The van der Waals surface area contributed by atoms with Gasteiger partial charge in [-0.2, -0.15) is 4.31 Å². The Kier molecular flexibility index (Phi) is 3.89. The Balaban J connectivity index is 1.80. The summed E-state index contributed by atoms with van der Waals surface area (Å²) in [7, 11) is -3.25. The van der Waals surface area contributed by atoms with E-state index in [4.69, 9.17) is 4.42 Å². The van der Waals surface area contributed by atoms with Crippen molar-refractivity contribution in [3.63, 3.8) is 0 Å². The molecule has 1 saturated heterocycles. The smallest absolute Gasteiger partial charge is 0.289 e. The van der Waals surface area contributed by atoms with E-state index in [0.717, 1.165) is 5.69 Å². The Hall–Kier alpha value is -1.93. The van der Waals surface area contributed by atoms with Crippen LogP contribution in [0.1, 0.15) is 23.2 Å². The molecular formula is C15H19N3O4S. The molecular weight excluding hydrogens is 318 g/mol. The van der Waals surface area contributed by atoms with E-state index in [-0.39, 0.29) is 17.7 Å². The standard InChI is InChI=1S/C15H19N3O4S/c1-10-4-5-13-12(16-10)8-14(22-13)15(19)17-6-7-18(11(2)9-17)23(3,20)21/h4-5,8,11H,6-7,9H2,1-3H3/t11-/m0/s1. The van der Waals surface area contributed by atoms with Crippen LogP contribution in [0.5, 0.6) is 0 Å². The van der Waals surface area contributed by atoms with Crippen molar-refractivity contribution in [2.75, 3.05) is 25.9 Å². The van der Waals surface area contributed by atoms with Gasteiger partial charge in [0.25, 0.3) is 5.91 Å². The molecule has 0 unspecified atom stereocenters. The molecule has 0 N–H and O–H groups in total. The topological polar surface area (TPSA) is 83.7 Å². The lowest BCUT2D eigenvalue weighted by Crippen LogP contribution is -2.55. The summed E-state index contributed by atoms with van der Waals surface area (Å²) in [6.45, 7) is 4.66. The van der Waals surface area contributed by atoms with Crippen molar-refractivity contribution < 1.29 is 17.6 Å². The van der Waals surface area contributed by atoms with E-state index in [1.54, 1.807) is 24.0 Å². The number of nitrogens with zero attached hydrogens (tertiary/aromatic N) is 3. The first-order valence-electron chi connectivity index (χ1n) is 7.39. The molecule has 0 spiro atoms. The minimum atomic E-state index is -3.25. The molecule has 1 aliphatic rings. The summed E-state index contributed by atoms with van der Waals surface area (Å²) in [5.41, 5.74) is 2.07. The molecule has 0 aliphatic carbocycles. The molecule has 1 atom stereocenters. The number of furan rings is 1. The largest absolute Gasteiger partial charge is 0.449 e. The number of carbonyl (C=O) groups is 1. The van der Waals surface area contributed by atoms with E-state index in [9.17, 15) is 13.2 Å². The average molecular weight is 337 g/mol. The van der Waals surface area contributed by atoms with Gasteiger partial charge in [0.15, 0.2) is 11.3 Å². The molecule has 3 heterocycles. The van der Waals surface area contributed by atoms with E-state index in [1.807, 2.05) is 13.0 Å². The minimum absolute atomic E-state index is 0.234. The van der Waals surface area contributed by atoms with E-state index in [1.165, 1.54) is 10.6 Å². The lowest BCUT2D eigenvalue weighted by molar-refractivity contribution is 0.0614. The van der Waals surface area contributed by atoms with Gasteiger partial charge in [-0.3, -0.25) is 4.79 Å². The lowest BCUT2D eigenvalue weighted by Gasteiger charge is -2.37. The third-order valence-electron chi connectivity index (χ3n) is 4.00. The first-order chi connectivity index (χ1) is 10.8. The normalized spacial score (nSPS) is 20.1. The van der Waals surface area contributed by atoms with E-state index < -0.39 is 10.0 Å². The van der Waals surface area contributed by atoms with Crippen LogP contribution in [-0.2, 0) is 10.0 Å². The number of aromatic nitrogens is 1. The van der Waals surface area contributed by atoms with Crippen LogP contribution in [0.3, 0.4) is 0 Å². The number of hydrogen-bond donors (Lipinski definition) is 0. The lowest BCUT2D eigenvalue weighted by atomic mass is 10.2. The number of pyridine rings is 1. The van der Waals surface area contributed by atoms with Crippen LogP contribution < -0.4 is 0 Å². The Bertz CT molecular complexity index is 859. The van der Waals surface area contributed by atoms with E-state index in [0.29, 0.717) is 30.7 Å². The van der Waals surface area contributed by atoms with Crippen molar-refractivity contribution in [3.8, 4) is 0 Å². The van der Waals surface area contributed by atoms with Gasteiger partial charge in [-0.15, -0.1) is 0 Å². The summed E-state index contributed by atoms with van der Waals surface area (Å²) in [6, 6.07) is 5.00. The second-order valence-electron chi connectivity index (χ2n) is 5.92. The molecule has 0 saturated carbocycles. The number of amides is 1. The zero-order chi connectivity index (χ0) is 16.8. The van der Waals surface area contributed by atoms with Crippen molar-refractivity contribution in [1.29, 1.82) is 0 Å². The molecule has 8 heteroatoms. The molecule has 23 heavy (non-hydrogen) atoms. The van der Waals surface area contributed by atoms with Crippen LogP contribution >= 0.6 is 0 Å². The number of rotatable bonds is 2. The van der Waals surface area contributed by atoms with Crippen molar-refractivity contribution in [3.05, 3.63) is 29.7 Å². The van der Waals surface area contributed by atoms with Gasteiger partial charge in [0, 0.05) is 37.4 Å². The highest BCUT2D eigenvalue weighted by Gasteiger charge is 2.33. The maximum atomic E-state index is 12.6. The number of fused-ring (bicyclic) bond motifs is 1. The fourth-order valence-corrected chi connectivity index (χ4v) is 4.04. The second kappa shape index (κ2) is 5.61.